The maximum absolute atomic E-state index is 11.8. The number of tetrazole rings is 1. The minimum atomic E-state index is -0.373. The van der Waals surface area contributed by atoms with Gasteiger partial charge in [-0.15, -0.1) is 21.5 Å². The monoisotopic (exact) mass is 294 g/mol. The standard InChI is InChI=1S/C11H14N6O2S/c1-6-3-4-8(20-6)11(19)12-5-9(18)13-7(2)10-14-16-17-15-10/h3-4,7H,5H2,1-2H3,(H,12,19)(H,13,18)(H,14,15,16,17). The highest BCUT2D eigenvalue weighted by atomic mass is 32.1. The highest BCUT2D eigenvalue weighted by molar-refractivity contribution is 7.13. The number of thiophene rings is 1. The minimum Gasteiger partial charge on any atom is -0.345 e. The van der Waals surface area contributed by atoms with Gasteiger partial charge in [0.2, 0.25) is 5.91 Å². The molecule has 0 bridgehead atoms. The van der Waals surface area contributed by atoms with Crippen molar-refractivity contribution < 1.29 is 9.59 Å². The van der Waals surface area contributed by atoms with Crippen molar-refractivity contribution in [3.05, 3.63) is 27.7 Å². The van der Waals surface area contributed by atoms with Gasteiger partial charge in [0.1, 0.15) is 0 Å². The van der Waals surface area contributed by atoms with Gasteiger partial charge in [-0.1, -0.05) is 5.21 Å². The number of aryl methyl sites for hydroxylation is 1. The first-order valence-corrected chi connectivity index (χ1v) is 6.75. The van der Waals surface area contributed by atoms with Gasteiger partial charge in [-0.3, -0.25) is 9.59 Å². The van der Waals surface area contributed by atoms with E-state index in [1.165, 1.54) is 11.3 Å². The number of amides is 2. The molecule has 2 aromatic heterocycles. The third-order valence-corrected chi connectivity index (χ3v) is 3.50. The molecule has 0 aliphatic carbocycles. The molecule has 0 radical (unpaired) electrons. The van der Waals surface area contributed by atoms with Crippen molar-refractivity contribution in [3.63, 3.8) is 0 Å². The number of hydrogen-bond acceptors (Lipinski definition) is 6. The molecular weight excluding hydrogens is 280 g/mol. The van der Waals surface area contributed by atoms with Crippen molar-refractivity contribution >= 4 is 23.2 Å². The van der Waals surface area contributed by atoms with E-state index in [9.17, 15) is 9.59 Å². The first-order chi connectivity index (χ1) is 9.56. The lowest BCUT2D eigenvalue weighted by molar-refractivity contribution is -0.120. The molecule has 8 nitrogen and oxygen atoms in total. The van der Waals surface area contributed by atoms with Gasteiger partial charge in [-0.2, -0.15) is 5.21 Å². The predicted molar refractivity (Wildman–Crippen MR) is 72.1 cm³/mol. The fourth-order valence-corrected chi connectivity index (χ4v) is 2.30. The summed E-state index contributed by atoms with van der Waals surface area (Å²) in [5, 5.41) is 18.5. The van der Waals surface area contributed by atoms with Crippen LogP contribution in [-0.2, 0) is 4.79 Å². The second-order valence-electron chi connectivity index (χ2n) is 4.15. The van der Waals surface area contributed by atoms with E-state index in [2.05, 4.69) is 31.3 Å². The van der Waals surface area contributed by atoms with E-state index in [0.717, 1.165) is 4.88 Å². The van der Waals surface area contributed by atoms with Crippen LogP contribution in [0, 0.1) is 6.92 Å². The van der Waals surface area contributed by atoms with Gasteiger partial charge in [0.15, 0.2) is 5.82 Å². The summed E-state index contributed by atoms with van der Waals surface area (Å²) in [5.41, 5.74) is 0. The molecule has 2 heterocycles. The number of aromatic amines is 1. The normalized spacial score (nSPS) is 11.9. The number of aromatic nitrogens is 4. The zero-order valence-corrected chi connectivity index (χ0v) is 11.8. The van der Waals surface area contributed by atoms with Crippen LogP contribution in [0.4, 0.5) is 0 Å². The third kappa shape index (κ3) is 3.60. The summed E-state index contributed by atoms with van der Waals surface area (Å²) in [5.74, 6) is -0.187. The molecule has 2 rings (SSSR count). The molecule has 0 aliphatic heterocycles. The Morgan fingerprint density at radius 2 is 2.25 bits per heavy atom. The second-order valence-corrected chi connectivity index (χ2v) is 5.44. The summed E-state index contributed by atoms with van der Waals surface area (Å²) in [6.07, 6.45) is 0. The van der Waals surface area contributed by atoms with E-state index in [4.69, 9.17) is 0 Å². The molecule has 3 N–H and O–H groups in total. The molecule has 9 heteroatoms. The van der Waals surface area contributed by atoms with Crippen LogP contribution >= 0.6 is 11.3 Å². The molecule has 1 atom stereocenters. The predicted octanol–water partition coefficient (Wildman–Crippen LogP) is 0.177. The zero-order chi connectivity index (χ0) is 14.5. The molecule has 0 fully saturated rings. The van der Waals surface area contributed by atoms with Gasteiger partial charge >= 0.3 is 0 Å². The smallest absolute Gasteiger partial charge is 0.261 e. The Labute approximate surface area is 119 Å². The molecule has 0 saturated carbocycles. The quantitative estimate of drug-likeness (QED) is 0.728. The van der Waals surface area contributed by atoms with Crippen LogP contribution in [0.15, 0.2) is 12.1 Å². The van der Waals surface area contributed by atoms with E-state index in [1.54, 1.807) is 13.0 Å². The summed E-state index contributed by atoms with van der Waals surface area (Å²) in [7, 11) is 0. The molecule has 2 amide bonds. The zero-order valence-electron chi connectivity index (χ0n) is 11.0. The summed E-state index contributed by atoms with van der Waals surface area (Å²) in [4.78, 5) is 25.1. The summed E-state index contributed by atoms with van der Waals surface area (Å²) in [6, 6.07) is 3.22. The van der Waals surface area contributed by atoms with Crippen molar-refractivity contribution in [2.24, 2.45) is 0 Å². The second kappa shape index (κ2) is 6.24. The molecule has 2 aromatic rings. The highest BCUT2D eigenvalue weighted by Crippen LogP contribution is 2.14. The SMILES string of the molecule is Cc1ccc(C(=O)NCC(=O)NC(C)c2nn[nH]n2)s1. The Kier molecular flexibility index (Phi) is 4.41. The van der Waals surface area contributed by atoms with E-state index in [-0.39, 0.29) is 24.4 Å². The van der Waals surface area contributed by atoms with Gasteiger partial charge < -0.3 is 10.6 Å². The van der Waals surface area contributed by atoms with E-state index in [0.29, 0.717) is 10.7 Å². The van der Waals surface area contributed by atoms with Gasteiger partial charge in [0.05, 0.1) is 17.5 Å². The van der Waals surface area contributed by atoms with Crippen LogP contribution in [-0.4, -0.2) is 39.0 Å². The fourth-order valence-electron chi connectivity index (χ4n) is 1.51. The van der Waals surface area contributed by atoms with Gasteiger partial charge in [-0.25, -0.2) is 0 Å². The number of carbonyl (C=O) groups excluding carboxylic acids is 2. The van der Waals surface area contributed by atoms with Crippen LogP contribution < -0.4 is 10.6 Å². The van der Waals surface area contributed by atoms with Crippen LogP contribution in [0.3, 0.4) is 0 Å². The summed E-state index contributed by atoms with van der Waals surface area (Å²) >= 11 is 1.38. The van der Waals surface area contributed by atoms with E-state index >= 15 is 0 Å². The molecule has 0 saturated heterocycles. The number of nitrogens with one attached hydrogen (secondary N) is 3. The Balaban J connectivity index is 1.79. The molecule has 0 spiro atoms. The minimum absolute atomic E-state index is 0.0992. The summed E-state index contributed by atoms with van der Waals surface area (Å²) < 4.78 is 0. The van der Waals surface area contributed by atoms with Crippen LogP contribution in [0.25, 0.3) is 0 Å². The van der Waals surface area contributed by atoms with Crippen LogP contribution in [0.2, 0.25) is 0 Å². The molecule has 0 aliphatic rings. The average molecular weight is 294 g/mol. The lowest BCUT2D eigenvalue weighted by atomic mass is 10.3. The highest BCUT2D eigenvalue weighted by Gasteiger charge is 2.14. The maximum atomic E-state index is 11.8. The largest absolute Gasteiger partial charge is 0.345 e. The van der Waals surface area contributed by atoms with E-state index in [1.807, 2.05) is 13.0 Å². The number of carbonyl (C=O) groups is 2. The Bertz CT molecular complexity index is 594. The number of H-pyrrole nitrogens is 1. The van der Waals surface area contributed by atoms with Crippen molar-refractivity contribution in [2.75, 3.05) is 6.54 Å². The van der Waals surface area contributed by atoms with Gasteiger partial charge in [-0.05, 0) is 26.0 Å². The first kappa shape index (κ1) is 14.1. The number of hydrogen-bond donors (Lipinski definition) is 3. The van der Waals surface area contributed by atoms with Crippen molar-refractivity contribution in [2.45, 2.75) is 19.9 Å². The van der Waals surface area contributed by atoms with Gasteiger partial charge in [0.25, 0.3) is 5.91 Å². The number of nitrogens with zero attached hydrogens (tertiary/aromatic N) is 3. The van der Waals surface area contributed by atoms with Crippen LogP contribution in [0.5, 0.6) is 0 Å². The molecule has 20 heavy (non-hydrogen) atoms. The average Bonchev–Trinajstić information content (AvgIpc) is 3.06. The van der Waals surface area contributed by atoms with Crippen LogP contribution in [0.1, 0.15) is 33.3 Å². The molecular formula is C11H14N6O2S. The van der Waals surface area contributed by atoms with E-state index < -0.39 is 0 Å². The lowest BCUT2D eigenvalue weighted by Gasteiger charge is -2.10. The lowest BCUT2D eigenvalue weighted by Crippen LogP contribution is -2.38. The molecule has 1 unspecified atom stereocenters. The van der Waals surface area contributed by atoms with Gasteiger partial charge in [0, 0.05) is 4.88 Å². The Morgan fingerprint density at radius 1 is 1.45 bits per heavy atom. The Hall–Kier alpha value is -2.29. The molecule has 0 aromatic carbocycles. The van der Waals surface area contributed by atoms with Crippen molar-refractivity contribution in [3.8, 4) is 0 Å². The fraction of sp³-hybridized carbons (Fsp3) is 0.364. The topological polar surface area (TPSA) is 113 Å². The number of rotatable bonds is 5. The Morgan fingerprint density at radius 3 is 2.85 bits per heavy atom. The third-order valence-electron chi connectivity index (χ3n) is 2.50. The first-order valence-electron chi connectivity index (χ1n) is 5.93. The molecule has 106 valence electrons. The van der Waals surface area contributed by atoms with Crippen molar-refractivity contribution in [1.82, 2.24) is 31.3 Å². The van der Waals surface area contributed by atoms with Crippen molar-refractivity contribution in [1.29, 1.82) is 0 Å². The maximum Gasteiger partial charge on any atom is 0.261 e. The summed E-state index contributed by atoms with van der Waals surface area (Å²) in [6.45, 7) is 3.55.